The van der Waals surface area contributed by atoms with E-state index in [0.717, 1.165) is 18.4 Å². The molecule has 0 saturated carbocycles. The van der Waals surface area contributed by atoms with Crippen LogP contribution in [0.25, 0.3) is 0 Å². The zero-order valence-electron chi connectivity index (χ0n) is 10.1. The summed E-state index contributed by atoms with van der Waals surface area (Å²) in [5.74, 6) is 2.75. The van der Waals surface area contributed by atoms with E-state index in [1.54, 1.807) is 6.07 Å². The summed E-state index contributed by atoms with van der Waals surface area (Å²) in [5, 5.41) is 4.55. The van der Waals surface area contributed by atoms with Crippen LogP contribution in [-0.4, -0.2) is 6.04 Å². The third-order valence-electron chi connectivity index (χ3n) is 2.68. The molecule has 1 rings (SSSR count). The largest absolute Gasteiger partial charge is 0.297 e. The summed E-state index contributed by atoms with van der Waals surface area (Å²) in [6.45, 7) is 4.15. The summed E-state index contributed by atoms with van der Waals surface area (Å²) >= 11 is 12.2. The first-order chi connectivity index (χ1) is 8.10. The van der Waals surface area contributed by atoms with Gasteiger partial charge in [-0.1, -0.05) is 54.6 Å². The van der Waals surface area contributed by atoms with Crippen molar-refractivity contribution in [2.75, 3.05) is 0 Å². The van der Waals surface area contributed by atoms with Gasteiger partial charge in [0.2, 0.25) is 0 Å². The average molecular weight is 270 g/mol. The van der Waals surface area contributed by atoms with Gasteiger partial charge < -0.3 is 0 Å². The van der Waals surface area contributed by atoms with E-state index in [-0.39, 0.29) is 12.1 Å². The second-order valence-electron chi connectivity index (χ2n) is 4.04. The van der Waals surface area contributed by atoms with Crippen LogP contribution in [0.15, 0.2) is 18.2 Å². The minimum absolute atomic E-state index is 0.0741. The van der Waals surface area contributed by atoms with Gasteiger partial charge in [0.05, 0.1) is 16.1 Å². The highest BCUT2D eigenvalue weighted by atomic mass is 35.5. The lowest BCUT2D eigenvalue weighted by Gasteiger charge is -2.20. The van der Waals surface area contributed by atoms with E-state index >= 15 is 0 Å². The topological polar surface area (TPSA) is 12.0 Å². The van der Waals surface area contributed by atoms with Crippen LogP contribution in [-0.2, 0) is 0 Å². The van der Waals surface area contributed by atoms with Crippen molar-refractivity contribution in [2.45, 2.75) is 38.8 Å². The molecule has 0 spiro atoms. The van der Waals surface area contributed by atoms with Crippen LogP contribution in [0.4, 0.5) is 0 Å². The highest BCUT2D eigenvalue weighted by Gasteiger charge is 2.14. The van der Waals surface area contributed by atoms with Crippen LogP contribution in [0, 0.1) is 12.3 Å². The van der Waals surface area contributed by atoms with Crippen molar-refractivity contribution in [2.24, 2.45) is 0 Å². The van der Waals surface area contributed by atoms with Crippen molar-refractivity contribution in [3.63, 3.8) is 0 Å². The Morgan fingerprint density at radius 3 is 2.71 bits per heavy atom. The summed E-state index contributed by atoms with van der Waals surface area (Å²) in [6, 6.07) is 5.81. The van der Waals surface area contributed by atoms with Gasteiger partial charge in [-0.2, -0.15) is 0 Å². The van der Waals surface area contributed by atoms with Crippen LogP contribution < -0.4 is 5.32 Å². The molecule has 2 unspecified atom stereocenters. The fraction of sp³-hybridized carbons (Fsp3) is 0.429. The number of hydrogen-bond acceptors (Lipinski definition) is 1. The molecule has 17 heavy (non-hydrogen) atoms. The quantitative estimate of drug-likeness (QED) is 0.779. The molecule has 0 aliphatic rings. The smallest absolute Gasteiger partial charge is 0.0691 e. The Kier molecular flexibility index (Phi) is 5.85. The van der Waals surface area contributed by atoms with Crippen molar-refractivity contribution in [1.29, 1.82) is 0 Å². The Bertz CT molecular complexity index is 409. The highest BCUT2D eigenvalue weighted by Crippen LogP contribution is 2.29. The molecule has 1 aromatic carbocycles. The van der Waals surface area contributed by atoms with Crippen molar-refractivity contribution >= 4 is 23.2 Å². The molecule has 0 bridgehead atoms. The molecule has 1 N–H and O–H groups in total. The lowest BCUT2D eigenvalue weighted by molar-refractivity contribution is 0.495. The maximum Gasteiger partial charge on any atom is 0.0691 e. The Morgan fingerprint density at radius 2 is 2.12 bits per heavy atom. The molecule has 92 valence electrons. The molecule has 2 atom stereocenters. The van der Waals surface area contributed by atoms with Gasteiger partial charge in [-0.3, -0.25) is 5.32 Å². The Hall–Kier alpha value is -0.680. The third-order valence-corrected chi connectivity index (χ3v) is 3.51. The number of rotatable bonds is 5. The predicted molar refractivity (Wildman–Crippen MR) is 75.5 cm³/mol. The Morgan fingerprint density at radius 1 is 1.41 bits per heavy atom. The molecule has 1 nitrogen and oxygen atoms in total. The van der Waals surface area contributed by atoms with Crippen LogP contribution >= 0.6 is 23.2 Å². The van der Waals surface area contributed by atoms with E-state index in [1.807, 2.05) is 19.1 Å². The van der Waals surface area contributed by atoms with Crippen LogP contribution in [0.3, 0.4) is 0 Å². The monoisotopic (exact) mass is 269 g/mol. The molecule has 0 fully saturated rings. The molecule has 3 heteroatoms. The predicted octanol–water partition coefficient (Wildman–Crippen LogP) is 4.45. The molecular weight excluding hydrogens is 253 g/mol. The van der Waals surface area contributed by atoms with Crippen molar-refractivity contribution in [3.8, 4) is 12.3 Å². The normalized spacial score (nSPS) is 14.1. The van der Waals surface area contributed by atoms with E-state index in [2.05, 4.69) is 18.2 Å². The number of terminal acetylenes is 1. The summed E-state index contributed by atoms with van der Waals surface area (Å²) in [4.78, 5) is 0. The molecule has 0 aliphatic heterocycles. The van der Waals surface area contributed by atoms with Gasteiger partial charge in [-0.05, 0) is 25.0 Å². The van der Waals surface area contributed by atoms with E-state index in [1.165, 1.54) is 0 Å². The standard InChI is InChI=1S/C14H17Cl2N/c1-4-7-11(5-2)17-10(3)12-8-6-9-13(15)14(12)16/h2,6,8-11,17H,4,7H2,1,3H3. The minimum Gasteiger partial charge on any atom is -0.297 e. The third kappa shape index (κ3) is 3.92. The highest BCUT2D eigenvalue weighted by molar-refractivity contribution is 6.42. The maximum atomic E-state index is 6.17. The lowest BCUT2D eigenvalue weighted by Crippen LogP contribution is -2.30. The van der Waals surface area contributed by atoms with E-state index in [0.29, 0.717) is 10.0 Å². The molecule has 0 radical (unpaired) electrons. The zero-order chi connectivity index (χ0) is 12.8. The minimum atomic E-state index is 0.0741. The Labute approximate surface area is 114 Å². The van der Waals surface area contributed by atoms with Crippen LogP contribution in [0.2, 0.25) is 10.0 Å². The van der Waals surface area contributed by atoms with Gasteiger partial charge in [-0.15, -0.1) is 6.42 Å². The van der Waals surface area contributed by atoms with Crippen molar-refractivity contribution in [3.05, 3.63) is 33.8 Å². The SMILES string of the molecule is C#CC(CCC)NC(C)c1cccc(Cl)c1Cl. The first-order valence-electron chi connectivity index (χ1n) is 5.76. The molecule has 0 amide bonds. The van der Waals surface area contributed by atoms with Gasteiger partial charge in [-0.25, -0.2) is 0 Å². The fourth-order valence-electron chi connectivity index (χ4n) is 1.75. The molecule has 0 aromatic heterocycles. The first kappa shape index (κ1) is 14.4. The van der Waals surface area contributed by atoms with Crippen molar-refractivity contribution in [1.82, 2.24) is 5.32 Å². The van der Waals surface area contributed by atoms with Crippen molar-refractivity contribution < 1.29 is 0 Å². The summed E-state index contributed by atoms with van der Waals surface area (Å²) in [5.41, 5.74) is 0.982. The molecule has 1 aromatic rings. The van der Waals surface area contributed by atoms with Crippen LogP contribution in [0.5, 0.6) is 0 Å². The van der Waals surface area contributed by atoms with Gasteiger partial charge in [0, 0.05) is 6.04 Å². The van der Waals surface area contributed by atoms with Gasteiger partial charge >= 0.3 is 0 Å². The summed E-state index contributed by atoms with van der Waals surface area (Å²) in [7, 11) is 0. The maximum absolute atomic E-state index is 6.17. The summed E-state index contributed by atoms with van der Waals surface area (Å²) in [6.07, 6.45) is 7.49. The van der Waals surface area contributed by atoms with E-state index in [4.69, 9.17) is 29.6 Å². The number of halogens is 2. The molecule has 0 aliphatic carbocycles. The van der Waals surface area contributed by atoms with E-state index in [9.17, 15) is 0 Å². The van der Waals surface area contributed by atoms with Crippen LogP contribution in [0.1, 0.15) is 38.3 Å². The number of nitrogens with one attached hydrogen (secondary N) is 1. The van der Waals surface area contributed by atoms with Gasteiger partial charge in [0.1, 0.15) is 0 Å². The lowest BCUT2D eigenvalue weighted by atomic mass is 10.1. The fourth-order valence-corrected chi connectivity index (χ4v) is 2.22. The molecule has 0 saturated heterocycles. The number of hydrogen-bond donors (Lipinski definition) is 1. The molecular formula is C14H17Cl2N. The van der Waals surface area contributed by atoms with Gasteiger partial charge in [0.15, 0.2) is 0 Å². The van der Waals surface area contributed by atoms with Gasteiger partial charge in [0.25, 0.3) is 0 Å². The second kappa shape index (κ2) is 6.91. The summed E-state index contributed by atoms with van der Waals surface area (Å²) < 4.78 is 0. The Balaban J connectivity index is 2.79. The average Bonchev–Trinajstić information content (AvgIpc) is 2.31. The zero-order valence-corrected chi connectivity index (χ0v) is 11.6. The second-order valence-corrected chi connectivity index (χ2v) is 4.82. The molecule has 0 heterocycles. The first-order valence-corrected chi connectivity index (χ1v) is 6.51. The van der Waals surface area contributed by atoms with E-state index < -0.39 is 0 Å². The number of benzene rings is 1.